The lowest BCUT2D eigenvalue weighted by Gasteiger charge is -2.03. The Kier molecular flexibility index (Phi) is 3.33. The molecular formula is C11H8N4O4. The summed E-state index contributed by atoms with van der Waals surface area (Å²) in [5.41, 5.74) is -0.644. The first-order chi connectivity index (χ1) is 9.08. The fourth-order valence-corrected chi connectivity index (χ4v) is 1.40. The Balaban J connectivity index is 2.26. The zero-order valence-corrected chi connectivity index (χ0v) is 9.49. The van der Waals surface area contributed by atoms with Crippen LogP contribution >= 0.6 is 0 Å². The third-order valence-electron chi connectivity index (χ3n) is 2.29. The molecule has 1 aromatic carbocycles. The van der Waals surface area contributed by atoms with Crippen LogP contribution < -0.4 is 10.9 Å². The molecule has 0 saturated carbocycles. The quantitative estimate of drug-likeness (QED) is 0.628. The molecule has 0 aliphatic carbocycles. The number of hydrogen-bond donors (Lipinski definition) is 2. The van der Waals surface area contributed by atoms with Crippen molar-refractivity contribution in [2.75, 3.05) is 5.32 Å². The van der Waals surface area contributed by atoms with Crippen LogP contribution in [0.5, 0.6) is 0 Å². The van der Waals surface area contributed by atoms with Crippen LogP contribution in [0.25, 0.3) is 0 Å². The van der Waals surface area contributed by atoms with Gasteiger partial charge < -0.3 is 5.32 Å². The summed E-state index contributed by atoms with van der Waals surface area (Å²) >= 11 is 0. The Labute approximate surface area is 106 Å². The molecule has 8 nitrogen and oxygen atoms in total. The molecule has 2 N–H and O–H groups in total. The van der Waals surface area contributed by atoms with E-state index in [1.54, 1.807) is 0 Å². The van der Waals surface area contributed by atoms with Gasteiger partial charge in [0.15, 0.2) is 0 Å². The van der Waals surface area contributed by atoms with E-state index >= 15 is 0 Å². The van der Waals surface area contributed by atoms with Crippen LogP contribution in [-0.2, 0) is 0 Å². The number of benzene rings is 1. The van der Waals surface area contributed by atoms with Crippen LogP contribution in [0.3, 0.4) is 0 Å². The average molecular weight is 260 g/mol. The standard InChI is InChI=1S/C11H8N4O4/c16-10(13-9-4-5-12-14-11(9)17)7-2-1-3-8(6-7)15(18)19/h1-6H,(H,14,17)(H,12,13,16). The molecule has 1 amide bonds. The molecule has 1 heterocycles. The van der Waals surface area contributed by atoms with Gasteiger partial charge >= 0.3 is 0 Å². The van der Waals surface area contributed by atoms with Crippen molar-refractivity contribution in [3.05, 3.63) is 62.6 Å². The van der Waals surface area contributed by atoms with Crippen molar-refractivity contribution in [1.29, 1.82) is 0 Å². The predicted octanol–water partition coefficient (Wildman–Crippen LogP) is 0.930. The van der Waals surface area contributed by atoms with Crippen molar-refractivity contribution < 1.29 is 9.72 Å². The molecule has 0 saturated heterocycles. The molecule has 0 atom stereocenters. The van der Waals surface area contributed by atoms with Crippen molar-refractivity contribution in [3.63, 3.8) is 0 Å². The van der Waals surface area contributed by atoms with E-state index in [0.717, 1.165) is 6.07 Å². The number of rotatable bonds is 3. The Hall–Kier alpha value is -3.03. The Bertz CT molecular complexity index is 695. The number of amides is 1. The maximum atomic E-state index is 11.8. The van der Waals surface area contributed by atoms with Crippen LogP contribution in [0.15, 0.2) is 41.3 Å². The second-order valence-electron chi connectivity index (χ2n) is 3.56. The number of nitrogens with one attached hydrogen (secondary N) is 2. The van der Waals surface area contributed by atoms with Gasteiger partial charge in [0.05, 0.1) is 4.92 Å². The van der Waals surface area contributed by atoms with Crippen LogP contribution in [-0.4, -0.2) is 21.0 Å². The molecule has 8 heteroatoms. The molecule has 0 fully saturated rings. The largest absolute Gasteiger partial charge is 0.317 e. The first-order valence-corrected chi connectivity index (χ1v) is 5.17. The van der Waals surface area contributed by atoms with Crippen molar-refractivity contribution in [2.24, 2.45) is 0 Å². The number of H-pyrrole nitrogens is 1. The van der Waals surface area contributed by atoms with Crippen LogP contribution in [0.4, 0.5) is 11.4 Å². The summed E-state index contributed by atoms with van der Waals surface area (Å²) in [6.45, 7) is 0. The minimum absolute atomic E-state index is 0.0199. The SMILES string of the molecule is O=C(Nc1ccn[nH]c1=O)c1cccc([N+](=O)[O-])c1. The number of non-ortho nitro benzene ring substituents is 1. The number of hydrogen-bond acceptors (Lipinski definition) is 5. The molecule has 0 bridgehead atoms. The number of nitrogens with zero attached hydrogens (tertiary/aromatic N) is 2. The zero-order chi connectivity index (χ0) is 13.8. The Morgan fingerprint density at radius 2 is 2.16 bits per heavy atom. The zero-order valence-electron chi connectivity index (χ0n) is 9.49. The number of aromatic amines is 1. The average Bonchev–Trinajstić information content (AvgIpc) is 2.41. The minimum atomic E-state index is -0.611. The molecule has 0 aliphatic rings. The molecule has 19 heavy (non-hydrogen) atoms. The first kappa shape index (κ1) is 12.4. The fourth-order valence-electron chi connectivity index (χ4n) is 1.40. The van der Waals surface area contributed by atoms with Gasteiger partial charge in [0, 0.05) is 23.9 Å². The lowest BCUT2D eigenvalue weighted by atomic mass is 10.2. The highest BCUT2D eigenvalue weighted by Gasteiger charge is 2.12. The Morgan fingerprint density at radius 1 is 1.37 bits per heavy atom. The van der Waals surface area contributed by atoms with Gasteiger partial charge in [-0.2, -0.15) is 5.10 Å². The molecule has 1 aromatic heterocycles. The van der Waals surface area contributed by atoms with Gasteiger partial charge in [-0.15, -0.1) is 0 Å². The van der Waals surface area contributed by atoms with E-state index in [1.165, 1.54) is 30.5 Å². The molecular weight excluding hydrogens is 252 g/mol. The number of nitro benzene ring substituents is 1. The predicted molar refractivity (Wildman–Crippen MR) is 65.9 cm³/mol. The lowest BCUT2D eigenvalue weighted by Crippen LogP contribution is -2.20. The van der Waals surface area contributed by atoms with E-state index in [4.69, 9.17) is 0 Å². The fraction of sp³-hybridized carbons (Fsp3) is 0. The van der Waals surface area contributed by atoms with Crippen molar-refractivity contribution in [2.45, 2.75) is 0 Å². The molecule has 0 aliphatic heterocycles. The maximum absolute atomic E-state index is 11.8. The smallest absolute Gasteiger partial charge is 0.287 e. The minimum Gasteiger partial charge on any atom is -0.317 e. The summed E-state index contributed by atoms with van der Waals surface area (Å²) in [6.07, 6.45) is 1.31. The van der Waals surface area contributed by atoms with Gasteiger partial charge in [0.2, 0.25) is 0 Å². The molecule has 2 rings (SSSR count). The number of carbonyl (C=O) groups is 1. The van der Waals surface area contributed by atoms with E-state index in [2.05, 4.69) is 15.5 Å². The number of nitro groups is 1. The van der Waals surface area contributed by atoms with Gasteiger partial charge in [-0.3, -0.25) is 19.7 Å². The van der Waals surface area contributed by atoms with E-state index in [1.807, 2.05) is 0 Å². The van der Waals surface area contributed by atoms with E-state index < -0.39 is 16.4 Å². The summed E-state index contributed by atoms with van der Waals surface area (Å²) in [7, 11) is 0. The molecule has 2 aromatic rings. The maximum Gasteiger partial charge on any atom is 0.287 e. The third kappa shape index (κ3) is 2.80. The monoisotopic (exact) mass is 260 g/mol. The van der Waals surface area contributed by atoms with Gasteiger partial charge in [-0.05, 0) is 12.1 Å². The summed E-state index contributed by atoms with van der Waals surface area (Å²) in [6, 6.07) is 6.54. The number of carbonyl (C=O) groups excluding carboxylic acids is 1. The number of aromatic nitrogens is 2. The van der Waals surface area contributed by atoms with E-state index in [0.29, 0.717) is 0 Å². The highest BCUT2D eigenvalue weighted by atomic mass is 16.6. The van der Waals surface area contributed by atoms with Gasteiger partial charge in [-0.25, -0.2) is 5.10 Å². The highest BCUT2D eigenvalue weighted by Crippen LogP contribution is 2.13. The third-order valence-corrected chi connectivity index (χ3v) is 2.29. The Morgan fingerprint density at radius 3 is 2.84 bits per heavy atom. The summed E-state index contributed by atoms with van der Waals surface area (Å²) in [4.78, 5) is 33.2. The van der Waals surface area contributed by atoms with Crippen LogP contribution in [0, 0.1) is 10.1 Å². The summed E-state index contributed by atoms with van der Waals surface area (Å²) in [5, 5.41) is 18.6. The highest BCUT2D eigenvalue weighted by molar-refractivity contribution is 6.04. The summed E-state index contributed by atoms with van der Waals surface area (Å²) in [5.74, 6) is -0.611. The van der Waals surface area contributed by atoms with Crippen LogP contribution in [0.2, 0.25) is 0 Å². The summed E-state index contributed by atoms with van der Waals surface area (Å²) < 4.78 is 0. The van der Waals surface area contributed by atoms with Gasteiger partial charge in [0.1, 0.15) is 5.69 Å². The number of anilines is 1. The second kappa shape index (κ2) is 5.08. The van der Waals surface area contributed by atoms with E-state index in [-0.39, 0.29) is 16.9 Å². The molecule has 0 unspecified atom stereocenters. The lowest BCUT2D eigenvalue weighted by molar-refractivity contribution is -0.384. The molecule has 0 radical (unpaired) electrons. The van der Waals surface area contributed by atoms with Crippen molar-refractivity contribution in [3.8, 4) is 0 Å². The second-order valence-corrected chi connectivity index (χ2v) is 3.56. The molecule has 96 valence electrons. The van der Waals surface area contributed by atoms with Crippen molar-refractivity contribution >= 4 is 17.3 Å². The normalized spacial score (nSPS) is 9.89. The first-order valence-electron chi connectivity index (χ1n) is 5.17. The van der Waals surface area contributed by atoms with Crippen LogP contribution in [0.1, 0.15) is 10.4 Å². The topological polar surface area (TPSA) is 118 Å². The van der Waals surface area contributed by atoms with Crippen molar-refractivity contribution in [1.82, 2.24) is 10.2 Å². The van der Waals surface area contributed by atoms with Gasteiger partial charge in [0.25, 0.3) is 17.2 Å². The van der Waals surface area contributed by atoms with Gasteiger partial charge in [-0.1, -0.05) is 6.07 Å². The molecule has 0 spiro atoms. The van der Waals surface area contributed by atoms with E-state index in [9.17, 15) is 19.7 Å².